The number of hydrogen-bond acceptors (Lipinski definition) is 6. The van der Waals surface area contributed by atoms with E-state index in [0.717, 1.165) is 55.3 Å². The van der Waals surface area contributed by atoms with Gasteiger partial charge in [-0.1, -0.05) is 6.07 Å². The van der Waals surface area contributed by atoms with Crippen molar-refractivity contribution >= 4 is 83.0 Å². The van der Waals surface area contributed by atoms with Crippen LogP contribution in [0, 0.1) is 0 Å². The zero-order valence-corrected chi connectivity index (χ0v) is 21.9. The Morgan fingerprint density at radius 2 is 1.57 bits per heavy atom. The molecule has 8 nitrogen and oxygen atoms in total. The van der Waals surface area contributed by atoms with Gasteiger partial charge in [0.2, 0.25) is 10.0 Å². The van der Waals surface area contributed by atoms with E-state index in [4.69, 9.17) is 0 Å². The summed E-state index contributed by atoms with van der Waals surface area (Å²) in [6.45, 7) is 0.526. The van der Waals surface area contributed by atoms with Crippen molar-refractivity contribution in [3.63, 3.8) is 0 Å². The summed E-state index contributed by atoms with van der Waals surface area (Å²) in [6, 6.07) is 1.47. The fourth-order valence-electron chi connectivity index (χ4n) is 5.03. The van der Waals surface area contributed by atoms with Crippen molar-refractivity contribution in [2.75, 3.05) is 29.9 Å². The van der Waals surface area contributed by atoms with Crippen LogP contribution in [0.1, 0.15) is 35.1 Å². The maximum Gasteiger partial charge on any atom is 0.332 e. The molecule has 0 bridgehead atoms. The summed E-state index contributed by atoms with van der Waals surface area (Å²) in [5, 5.41) is 2.16. The van der Waals surface area contributed by atoms with Gasteiger partial charge in [0.25, 0.3) is 0 Å². The number of urea groups is 1. The Hall–Kier alpha value is -0.0136. The van der Waals surface area contributed by atoms with E-state index in [1.54, 1.807) is 0 Å². The smallest absolute Gasteiger partial charge is 0.307 e. The molecule has 2 aliphatic carbocycles. The summed E-state index contributed by atoms with van der Waals surface area (Å²) >= 11 is 0. The number of sulfonamides is 1. The van der Waals surface area contributed by atoms with Crippen LogP contribution in [0.15, 0.2) is 6.07 Å². The molecule has 30 heavy (non-hydrogen) atoms. The minimum Gasteiger partial charge on any atom is -0.307 e. The Bertz CT molecular complexity index is 1050. The summed E-state index contributed by atoms with van der Waals surface area (Å²) in [4.78, 5) is 14.4. The number of carbonyl (C=O) groups is 1. The topological polar surface area (TPSA) is 113 Å². The molecule has 2 heterocycles. The van der Waals surface area contributed by atoms with E-state index in [1.807, 2.05) is 4.90 Å². The van der Waals surface area contributed by atoms with Crippen molar-refractivity contribution < 1.29 is 21.6 Å². The van der Waals surface area contributed by atoms with Crippen LogP contribution < -0.4 is 10.0 Å². The normalized spacial score (nSPS) is 22.9. The van der Waals surface area contributed by atoms with E-state index in [0.29, 0.717) is 0 Å². The monoisotopic (exact) mass is 478 g/mol. The molecule has 1 radical (unpaired) electrons. The zero-order valence-electron chi connectivity index (χ0n) is 17.1. The Balaban J connectivity index is 0.00000218. The number of benzene rings is 1. The Morgan fingerprint density at radius 3 is 2.10 bits per heavy atom. The van der Waals surface area contributed by atoms with E-state index < -0.39 is 31.1 Å². The molecule has 0 unspecified atom stereocenters. The van der Waals surface area contributed by atoms with Gasteiger partial charge in [0.05, 0.1) is 11.5 Å². The number of likely N-dealkylation sites (tertiary alicyclic amines) is 1. The Kier molecular flexibility index (Phi) is 6.48. The average Bonchev–Trinajstić information content (AvgIpc) is 3.19. The van der Waals surface area contributed by atoms with Gasteiger partial charge in [-0.2, -0.15) is 0 Å². The number of nitrogens with zero attached hydrogens (tertiary/aromatic N) is 1. The van der Waals surface area contributed by atoms with E-state index >= 15 is 0 Å². The molecular formula is C19H25KN3O5S2. The maximum absolute atomic E-state index is 12.6. The second-order valence-corrected chi connectivity index (χ2v) is 12.8. The fourth-order valence-corrected chi connectivity index (χ4v) is 7.78. The van der Waals surface area contributed by atoms with E-state index in [-0.39, 0.29) is 82.0 Å². The minimum atomic E-state index is -3.80. The maximum atomic E-state index is 12.6. The van der Waals surface area contributed by atoms with Gasteiger partial charge < -0.3 is 5.32 Å². The Labute approximate surface area is 219 Å². The van der Waals surface area contributed by atoms with Gasteiger partial charge in [-0.25, -0.2) is 26.4 Å². The molecule has 5 rings (SSSR count). The molecule has 0 atom stereocenters. The molecule has 2 N–H and O–H groups in total. The van der Waals surface area contributed by atoms with Gasteiger partial charge in [0, 0.05) is 76.2 Å². The van der Waals surface area contributed by atoms with E-state index in [9.17, 15) is 21.6 Å². The van der Waals surface area contributed by atoms with Crippen LogP contribution in [0.25, 0.3) is 0 Å². The van der Waals surface area contributed by atoms with Gasteiger partial charge in [0.1, 0.15) is 5.25 Å². The number of aryl methyl sites for hydroxylation is 2. The molecule has 11 heteroatoms. The van der Waals surface area contributed by atoms with E-state index in [2.05, 4.69) is 16.1 Å². The predicted octanol–water partition coefficient (Wildman–Crippen LogP) is 0.216. The first-order valence-electron chi connectivity index (χ1n) is 10.2. The largest absolute Gasteiger partial charge is 0.332 e. The predicted molar refractivity (Wildman–Crippen MR) is 115 cm³/mol. The molecule has 1 aromatic rings. The van der Waals surface area contributed by atoms with Gasteiger partial charge in [0.15, 0.2) is 9.84 Å². The first-order valence-corrected chi connectivity index (χ1v) is 13.5. The quantitative estimate of drug-likeness (QED) is 0.599. The van der Waals surface area contributed by atoms with Crippen LogP contribution in [0.5, 0.6) is 0 Å². The van der Waals surface area contributed by atoms with E-state index in [1.165, 1.54) is 11.1 Å². The molecule has 2 fully saturated rings. The van der Waals surface area contributed by atoms with Gasteiger partial charge >= 0.3 is 6.03 Å². The fraction of sp³-hybridized carbons (Fsp3) is 0.632. The SMILES string of the molecule is O=C(Nc1c2c(cc3c1CCC3)CCC2)NS(=O)(=O)C1CN(C2CS(=O)(=O)C2)C1.[K]. The first kappa shape index (κ1) is 23.2. The molecule has 0 aromatic heterocycles. The Morgan fingerprint density at radius 1 is 1.00 bits per heavy atom. The number of amides is 2. The molecule has 2 aliphatic heterocycles. The van der Waals surface area contributed by atoms with Crippen LogP contribution in [0.3, 0.4) is 0 Å². The number of nitrogens with one attached hydrogen (secondary N) is 2. The standard InChI is InChI=1S/C19H25N3O5S2.K/c23-19(20-18-16-5-1-3-12(16)7-13-4-2-6-17(13)18)21-29(26,27)15-8-22(9-15)14-10-28(24,25)11-14;/h7,14-15H,1-6,8-11H2,(H2,20,21,23);. The second kappa shape index (κ2) is 8.40. The number of sulfone groups is 1. The van der Waals surface area contributed by atoms with Crippen molar-refractivity contribution in [3.8, 4) is 0 Å². The minimum absolute atomic E-state index is 0. The first-order chi connectivity index (χ1) is 13.7. The van der Waals surface area contributed by atoms with Gasteiger partial charge in [-0.15, -0.1) is 0 Å². The summed E-state index contributed by atoms with van der Waals surface area (Å²) in [7, 11) is -6.74. The molecule has 0 saturated carbocycles. The summed E-state index contributed by atoms with van der Waals surface area (Å²) in [5.41, 5.74) is 5.66. The second-order valence-electron chi connectivity index (χ2n) is 8.64. The molecule has 159 valence electrons. The third-order valence-electron chi connectivity index (χ3n) is 6.67. The summed E-state index contributed by atoms with van der Waals surface area (Å²) in [6.07, 6.45) is 5.95. The van der Waals surface area contributed by atoms with Crippen LogP contribution in [0.2, 0.25) is 0 Å². The number of hydrogen-bond donors (Lipinski definition) is 2. The third kappa shape index (κ3) is 4.28. The van der Waals surface area contributed by atoms with Crippen LogP contribution in [0.4, 0.5) is 10.5 Å². The number of anilines is 1. The molecule has 4 aliphatic rings. The molecule has 2 amide bonds. The van der Waals surface area contributed by atoms with Crippen molar-refractivity contribution in [1.82, 2.24) is 9.62 Å². The van der Waals surface area contributed by atoms with Crippen molar-refractivity contribution in [2.45, 2.75) is 49.8 Å². The molecule has 2 saturated heterocycles. The third-order valence-corrected chi connectivity index (χ3v) is 10.1. The molecule has 0 spiro atoms. The van der Waals surface area contributed by atoms with Crippen molar-refractivity contribution in [1.29, 1.82) is 0 Å². The summed E-state index contributed by atoms with van der Waals surface area (Å²) < 4.78 is 49.9. The number of fused-ring (bicyclic) bond motifs is 2. The van der Waals surface area contributed by atoms with Crippen LogP contribution >= 0.6 is 0 Å². The zero-order chi connectivity index (χ0) is 20.4. The molecule has 1 aromatic carbocycles. The average molecular weight is 479 g/mol. The van der Waals surface area contributed by atoms with Gasteiger partial charge in [-0.05, 0) is 60.8 Å². The van der Waals surface area contributed by atoms with Crippen molar-refractivity contribution in [3.05, 3.63) is 28.3 Å². The van der Waals surface area contributed by atoms with Crippen LogP contribution in [-0.2, 0) is 45.5 Å². The van der Waals surface area contributed by atoms with Crippen molar-refractivity contribution in [2.24, 2.45) is 0 Å². The number of rotatable bonds is 4. The summed E-state index contributed by atoms with van der Waals surface area (Å²) in [5.74, 6) is 0.190. The van der Waals surface area contributed by atoms with Crippen LogP contribution in [-0.4, -0.2) is 115 Å². The number of carbonyl (C=O) groups excluding carboxylic acids is 1. The van der Waals surface area contributed by atoms with Gasteiger partial charge in [-0.3, -0.25) is 4.90 Å². The molecular weight excluding hydrogens is 453 g/mol.